The highest BCUT2D eigenvalue weighted by molar-refractivity contribution is 6.20. The fraction of sp³-hybridized carbons (Fsp3) is 0.250. The lowest BCUT2D eigenvalue weighted by molar-refractivity contribution is 0.314. The Morgan fingerprint density at radius 3 is 1.54 bits per heavy atom. The number of hydrogen-bond acceptors (Lipinski definition) is 3. The Kier molecular flexibility index (Phi) is 4.94. The van der Waals surface area contributed by atoms with Crippen LogP contribution in [0.2, 0.25) is 0 Å². The lowest BCUT2D eigenvalue weighted by Crippen LogP contribution is -2.38. The van der Waals surface area contributed by atoms with E-state index in [2.05, 4.69) is 0 Å². The predicted molar refractivity (Wildman–Crippen MR) is 111 cm³/mol. The van der Waals surface area contributed by atoms with Crippen molar-refractivity contribution in [3.63, 3.8) is 0 Å². The average molecular weight is 395 g/mol. The van der Waals surface area contributed by atoms with Gasteiger partial charge in [0.1, 0.15) is 17.2 Å². The summed E-state index contributed by atoms with van der Waals surface area (Å²) in [4.78, 5) is 0. The molecule has 1 fully saturated rings. The molecular formula is C24H23ClO3. The number of phenols is 3. The number of rotatable bonds is 3. The van der Waals surface area contributed by atoms with Crippen molar-refractivity contribution in [3.05, 3.63) is 89.5 Å². The van der Waals surface area contributed by atoms with Gasteiger partial charge >= 0.3 is 0 Å². The number of benzene rings is 3. The van der Waals surface area contributed by atoms with E-state index in [0.29, 0.717) is 0 Å². The van der Waals surface area contributed by atoms with Gasteiger partial charge in [0, 0.05) is 10.8 Å². The van der Waals surface area contributed by atoms with Gasteiger partial charge in [-0.05, 0) is 78.3 Å². The lowest BCUT2D eigenvalue weighted by atomic mass is 9.61. The third kappa shape index (κ3) is 3.55. The van der Waals surface area contributed by atoms with Gasteiger partial charge in [0.05, 0.1) is 0 Å². The van der Waals surface area contributed by atoms with Crippen LogP contribution in [-0.4, -0.2) is 20.7 Å². The topological polar surface area (TPSA) is 60.7 Å². The van der Waals surface area contributed by atoms with Crippen LogP contribution in [-0.2, 0) is 5.41 Å². The molecule has 0 saturated heterocycles. The fourth-order valence-corrected chi connectivity index (χ4v) is 5.04. The molecule has 0 heterocycles. The van der Waals surface area contributed by atoms with E-state index < -0.39 is 0 Å². The molecule has 144 valence electrons. The van der Waals surface area contributed by atoms with Gasteiger partial charge in [-0.1, -0.05) is 36.4 Å². The first-order valence-corrected chi connectivity index (χ1v) is 9.92. The van der Waals surface area contributed by atoms with E-state index in [9.17, 15) is 15.3 Å². The van der Waals surface area contributed by atoms with E-state index in [4.69, 9.17) is 11.6 Å². The van der Waals surface area contributed by atoms with Crippen molar-refractivity contribution < 1.29 is 15.3 Å². The Balaban J connectivity index is 1.82. The van der Waals surface area contributed by atoms with Gasteiger partial charge in [-0.25, -0.2) is 0 Å². The Morgan fingerprint density at radius 2 is 1.07 bits per heavy atom. The second-order valence-electron chi connectivity index (χ2n) is 7.71. The number of alkyl halides is 1. The Labute approximate surface area is 169 Å². The molecule has 1 aliphatic carbocycles. The van der Waals surface area contributed by atoms with Crippen molar-refractivity contribution in [2.45, 2.75) is 36.0 Å². The molecule has 3 N–H and O–H groups in total. The van der Waals surface area contributed by atoms with Crippen molar-refractivity contribution in [1.82, 2.24) is 0 Å². The first-order valence-electron chi connectivity index (χ1n) is 9.48. The zero-order valence-electron chi connectivity index (χ0n) is 15.4. The molecule has 2 unspecified atom stereocenters. The van der Waals surface area contributed by atoms with Crippen molar-refractivity contribution >= 4 is 11.6 Å². The van der Waals surface area contributed by atoms with Gasteiger partial charge in [-0.3, -0.25) is 0 Å². The van der Waals surface area contributed by atoms with Crippen LogP contribution in [0.5, 0.6) is 17.2 Å². The molecule has 0 radical (unpaired) electrons. The molecule has 3 aromatic rings. The predicted octanol–water partition coefficient (Wildman–Crippen LogP) is 5.66. The Bertz CT molecular complexity index is 888. The first kappa shape index (κ1) is 18.7. The van der Waals surface area contributed by atoms with Crippen LogP contribution in [0.15, 0.2) is 72.8 Å². The third-order valence-corrected chi connectivity index (χ3v) is 6.24. The maximum Gasteiger partial charge on any atom is 0.115 e. The molecule has 0 aliphatic heterocycles. The number of hydrogen-bond donors (Lipinski definition) is 3. The number of aromatic hydroxyl groups is 3. The summed E-state index contributed by atoms with van der Waals surface area (Å²) < 4.78 is 0. The van der Waals surface area contributed by atoms with Gasteiger partial charge in [-0.15, -0.1) is 11.6 Å². The molecule has 1 saturated carbocycles. The van der Waals surface area contributed by atoms with Crippen LogP contribution < -0.4 is 0 Å². The molecule has 0 aromatic heterocycles. The van der Waals surface area contributed by atoms with E-state index in [-0.39, 0.29) is 34.0 Å². The maximum atomic E-state index is 9.77. The zero-order valence-corrected chi connectivity index (χ0v) is 16.2. The molecule has 28 heavy (non-hydrogen) atoms. The summed E-state index contributed by atoms with van der Waals surface area (Å²) >= 11 is 6.79. The second-order valence-corrected chi connectivity index (χ2v) is 8.32. The third-order valence-electron chi connectivity index (χ3n) is 5.91. The van der Waals surface area contributed by atoms with Crippen molar-refractivity contribution in [2.24, 2.45) is 0 Å². The van der Waals surface area contributed by atoms with Crippen LogP contribution in [0, 0.1) is 0 Å². The van der Waals surface area contributed by atoms with Crippen molar-refractivity contribution in [1.29, 1.82) is 0 Å². The van der Waals surface area contributed by atoms with Crippen molar-refractivity contribution in [2.75, 3.05) is 0 Å². The average Bonchev–Trinajstić information content (AvgIpc) is 2.69. The summed E-state index contributed by atoms with van der Waals surface area (Å²) in [6, 6.07) is 22.1. The standard InChI is InChI=1S/C24H23ClO3/c25-20-13-17(16-1-7-21(26)8-2-16)14-24(15-20,18-3-9-22(27)10-4-18)19-5-11-23(28)12-6-19/h1-12,17,20,26-28H,13-15H2. The molecular weight excluding hydrogens is 372 g/mol. The Morgan fingerprint density at radius 1 is 0.643 bits per heavy atom. The second kappa shape index (κ2) is 7.40. The summed E-state index contributed by atoms with van der Waals surface area (Å²) in [7, 11) is 0. The smallest absolute Gasteiger partial charge is 0.115 e. The fourth-order valence-electron chi connectivity index (χ4n) is 4.56. The van der Waals surface area contributed by atoms with Gasteiger partial charge in [0.25, 0.3) is 0 Å². The summed E-state index contributed by atoms with van der Waals surface area (Å²) in [6.07, 6.45) is 2.50. The van der Waals surface area contributed by atoms with E-state index in [1.165, 1.54) is 0 Å². The van der Waals surface area contributed by atoms with Gasteiger partial charge in [0.2, 0.25) is 0 Å². The lowest BCUT2D eigenvalue weighted by Gasteiger charge is -2.44. The maximum absolute atomic E-state index is 9.77. The quantitative estimate of drug-likeness (QED) is 0.502. The monoisotopic (exact) mass is 394 g/mol. The highest BCUT2D eigenvalue weighted by atomic mass is 35.5. The molecule has 0 amide bonds. The summed E-state index contributed by atoms with van der Waals surface area (Å²) in [5, 5.41) is 29.2. The van der Waals surface area contributed by atoms with Gasteiger partial charge < -0.3 is 15.3 Å². The molecule has 3 nitrogen and oxygen atoms in total. The summed E-state index contributed by atoms with van der Waals surface area (Å²) in [5.74, 6) is 0.959. The molecule has 0 spiro atoms. The summed E-state index contributed by atoms with van der Waals surface area (Å²) in [6.45, 7) is 0. The SMILES string of the molecule is Oc1ccc(C2CC(Cl)CC(c3ccc(O)cc3)(c3ccc(O)cc3)C2)cc1. The molecule has 4 rings (SSSR count). The summed E-state index contributed by atoms with van der Waals surface area (Å²) in [5.41, 5.74) is 3.04. The molecule has 2 atom stereocenters. The first-order chi connectivity index (χ1) is 13.5. The van der Waals surface area contributed by atoms with Crippen LogP contribution in [0.25, 0.3) is 0 Å². The van der Waals surface area contributed by atoms with Crippen LogP contribution >= 0.6 is 11.6 Å². The molecule has 3 aromatic carbocycles. The van der Waals surface area contributed by atoms with Gasteiger partial charge in [-0.2, -0.15) is 0 Å². The molecule has 4 heteroatoms. The van der Waals surface area contributed by atoms with Crippen molar-refractivity contribution in [3.8, 4) is 17.2 Å². The highest BCUT2D eigenvalue weighted by Crippen LogP contribution is 2.51. The molecule has 1 aliphatic rings. The van der Waals surface area contributed by atoms with E-state index in [1.807, 2.05) is 36.4 Å². The normalized spacial score (nSPS) is 21.3. The van der Waals surface area contributed by atoms with E-state index in [1.54, 1.807) is 36.4 Å². The minimum absolute atomic E-state index is 0.0184. The van der Waals surface area contributed by atoms with E-state index >= 15 is 0 Å². The number of halogens is 1. The van der Waals surface area contributed by atoms with Crippen LogP contribution in [0.1, 0.15) is 41.9 Å². The minimum atomic E-state index is -0.325. The largest absolute Gasteiger partial charge is 0.508 e. The van der Waals surface area contributed by atoms with Crippen LogP contribution in [0.4, 0.5) is 0 Å². The Hall–Kier alpha value is -2.65. The van der Waals surface area contributed by atoms with Crippen LogP contribution in [0.3, 0.4) is 0 Å². The highest BCUT2D eigenvalue weighted by Gasteiger charge is 2.43. The minimum Gasteiger partial charge on any atom is -0.508 e. The van der Waals surface area contributed by atoms with Gasteiger partial charge in [0.15, 0.2) is 0 Å². The molecule has 0 bridgehead atoms. The van der Waals surface area contributed by atoms with E-state index in [0.717, 1.165) is 36.0 Å². The zero-order chi connectivity index (χ0) is 19.7. The number of phenolic OH excluding ortho intramolecular Hbond substituents is 3.